The molecule has 8 nitrogen and oxygen atoms in total. The number of hydrogen-bond acceptors (Lipinski definition) is 6. The van der Waals surface area contributed by atoms with Gasteiger partial charge in [0.25, 0.3) is 0 Å². The summed E-state index contributed by atoms with van der Waals surface area (Å²) >= 11 is 3.34. The molecule has 1 aliphatic heterocycles. The molecule has 4 rings (SSSR count). The summed E-state index contributed by atoms with van der Waals surface area (Å²) in [6.45, 7) is 0.614. The van der Waals surface area contributed by atoms with Crippen LogP contribution in [-0.2, 0) is 19.3 Å². The van der Waals surface area contributed by atoms with E-state index in [1.54, 1.807) is 10.6 Å². The number of rotatable bonds is 1. The Kier molecular flexibility index (Phi) is 3.20. The van der Waals surface area contributed by atoms with Gasteiger partial charge < -0.3 is 15.2 Å². The molecule has 126 valence electrons. The van der Waals surface area contributed by atoms with Crippen LogP contribution >= 0.6 is 15.9 Å². The first-order valence-electron chi connectivity index (χ1n) is 6.88. The second-order valence-electron chi connectivity index (χ2n) is 5.24. The predicted molar refractivity (Wildman–Crippen MR) is 81.2 cm³/mol. The topological polar surface area (TPSA) is 90.2 Å². The van der Waals surface area contributed by atoms with E-state index in [1.165, 1.54) is 6.20 Å². The molecule has 2 N–H and O–H groups in total. The summed E-state index contributed by atoms with van der Waals surface area (Å²) in [6, 6.07) is 0. The fraction of sp³-hybridized carbons (Fsp3) is 0.333. The van der Waals surface area contributed by atoms with E-state index in [0.29, 0.717) is 28.4 Å². The highest BCUT2D eigenvalue weighted by Crippen LogP contribution is 2.32. The molecule has 0 bridgehead atoms. The van der Waals surface area contributed by atoms with Gasteiger partial charge in [-0.25, -0.2) is 9.97 Å². The van der Waals surface area contributed by atoms with Crippen molar-refractivity contribution in [2.24, 2.45) is 0 Å². The van der Waals surface area contributed by atoms with Crippen LogP contribution in [0, 0.1) is 0 Å². The van der Waals surface area contributed by atoms with Crippen molar-refractivity contribution < 1.29 is 13.2 Å². The Bertz CT molecular complexity index is 930. The minimum absolute atomic E-state index is 0.115. The first kappa shape index (κ1) is 15.2. The van der Waals surface area contributed by atoms with E-state index < -0.39 is 12.0 Å². The normalized spacial score (nSPS) is 15.1. The minimum atomic E-state index is -4.52. The van der Waals surface area contributed by atoms with Gasteiger partial charge in [0, 0.05) is 25.5 Å². The van der Waals surface area contributed by atoms with Crippen molar-refractivity contribution in [3.8, 4) is 0 Å². The highest BCUT2D eigenvalue weighted by Gasteiger charge is 2.39. The van der Waals surface area contributed by atoms with Crippen LogP contribution in [0.25, 0.3) is 5.52 Å². The molecule has 0 fully saturated rings. The van der Waals surface area contributed by atoms with Crippen LogP contribution in [0.1, 0.15) is 11.6 Å². The molecule has 0 saturated heterocycles. The average molecular weight is 403 g/mol. The third-order valence-corrected chi connectivity index (χ3v) is 4.36. The van der Waals surface area contributed by atoms with Crippen LogP contribution in [0.15, 0.2) is 17.0 Å². The number of nitrogens with zero attached hydrogens (tertiary/aromatic N) is 7. The van der Waals surface area contributed by atoms with E-state index in [-0.39, 0.29) is 18.9 Å². The Morgan fingerprint density at radius 2 is 2.00 bits per heavy atom. The maximum absolute atomic E-state index is 12.9. The van der Waals surface area contributed by atoms with E-state index in [0.717, 1.165) is 4.57 Å². The number of imidazole rings is 1. The molecule has 0 amide bonds. The van der Waals surface area contributed by atoms with Crippen LogP contribution < -0.4 is 10.6 Å². The summed E-state index contributed by atoms with van der Waals surface area (Å²) in [5.41, 5.74) is 6.46. The van der Waals surface area contributed by atoms with Gasteiger partial charge in [-0.2, -0.15) is 13.2 Å². The molecule has 3 aromatic rings. The molecule has 0 atom stereocenters. The van der Waals surface area contributed by atoms with Crippen molar-refractivity contribution in [1.82, 2.24) is 29.1 Å². The Labute approximate surface area is 141 Å². The van der Waals surface area contributed by atoms with Gasteiger partial charge in [-0.15, -0.1) is 10.2 Å². The van der Waals surface area contributed by atoms with Crippen molar-refractivity contribution in [3.05, 3.63) is 28.6 Å². The maximum atomic E-state index is 12.9. The third kappa shape index (κ3) is 2.20. The van der Waals surface area contributed by atoms with Gasteiger partial charge in [0.1, 0.15) is 10.1 Å². The van der Waals surface area contributed by atoms with Gasteiger partial charge >= 0.3 is 6.18 Å². The first-order valence-corrected chi connectivity index (χ1v) is 7.68. The van der Waals surface area contributed by atoms with Gasteiger partial charge in [-0.3, -0.25) is 4.40 Å². The molecule has 0 spiro atoms. The number of halogens is 4. The van der Waals surface area contributed by atoms with E-state index in [4.69, 9.17) is 5.73 Å². The van der Waals surface area contributed by atoms with Crippen LogP contribution in [0.3, 0.4) is 0 Å². The van der Waals surface area contributed by atoms with Crippen LogP contribution in [0.2, 0.25) is 0 Å². The quantitative estimate of drug-likeness (QED) is 0.666. The molecule has 0 aliphatic carbocycles. The molecule has 1 aliphatic rings. The van der Waals surface area contributed by atoms with Gasteiger partial charge in [0.05, 0.1) is 6.54 Å². The Morgan fingerprint density at radius 1 is 1.21 bits per heavy atom. The first-order chi connectivity index (χ1) is 11.4. The molecule has 0 unspecified atom stereocenters. The van der Waals surface area contributed by atoms with Crippen LogP contribution in [0.4, 0.5) is 24.9 Å². The van der Waals surface area contributed by atoms with Crippen molar-refractivity contribution in [3.63, 3.8) is 0 Å². The number of nitrogen functional groups attached to an aromatic ring is 1. The molecule has 3 aromatic heterocycles. The summed E-state index contributed by atoms with van der Waals surface area (Å²) in [7, 11) is 0. The van der Waals surface area contributed by atoms with E-state index in [9.17, 15) is 13.2 Å². The summed E-state index contributed by atoms with van der Waals surface area (Å²) in [6.07, 6.45) is -1.29. The molecule has 24 heavy (non-hydrogen) atoms. The van der Waals surface area contributed by atoms with Gasteiger partial charge in [-0.05, 0) is 15.9 Å². The molecule has 0 saturated carbocycles. The van der Waals surface area contributed by atoms with Gasteiger partial charge in [0.15, 0.2) is 11.6 Å². The SMILES string of the molecule is Nc1nccn2c(N3CCn4c(nnc4C(F)(F)F)C3)nc(Br)c12. The zero-order chi connectivity index (χ0) is 17.1. The Hall–Kier alpha value is -2.37. The lowest BCUT2D eigenvalue weighted by Crippen LogP contribution is -2.36. The summed E-state index contributed by atoms with van der Waals surface area (Å²) < 4.78 is 42.1. The van der Waals surface area contributed by atoms with Crippen molar-refractivity contribution in [1.29, 1.82) is 0 Å². The molecule has 0 aromatic carbocycles. The van der Waals surface area contributed by atoms with E-state index >= 15 is 0 Å². The standard InChI is InChI=1S/C12H10BrF3N8/c13-8-7-9(17)18-1-2-24(7)11(19-8)22-3-4-23-6(5-22)20-21-10(23)12(14,15)16/h1-2H,3-5H2,(H2,17,18). The largest absolute Gasteiger partial charge is 0.451 e. The highest BCUT2D eigenvalue weighted by atomic mass is 79.9. The second kappa shape index (κ2) is 5.06. The minimum Gasteiger partial charge on any atom is -0.382 e. The van der Waals surface area contributed by atoms with E-state index in [2.05, 4.69) is 36.1 Å². The monoisotopic (exact) mass is 402 g/mol. The number of hydrogen-bond donors (Lipinski definition) is 1. The molecular formula is C12H10BrF3N8. The van der Waals surface area contributed by atoms with Crippen LogP contribution in [0.5, 0.6) is 0 Å². The molecule has 4 heterocycles. The summed E-state index contributed by atoms with van der Waals surface area (Å²) in [5.74, 6) is 0.125. The smallest absolute Gasteiger partial charge is 0.382 e. The Morgan fingerprint density at radius 3 is 2.75 bits per heavy atom. The third-order valence-electron chi connectivity index (χ3n) is 3.81. The fourth-order valence-electron chi connectivity index (χ4n) is 2.77. The number of alkyl halides is 3. The fourth-order valence-corrected chi connectivity index (χ4v) is 3.32. The number of nitrogens with two attached hydrogens (primary N) is 1. The van der Waals surface area contributed by atoms with Gasteiger partial charge in [-0.1, -0.05) is 0 Å². The maximum Gasteiger partial charge on any atom is 0.451 e. The molecular weight excluding hydrogens is 393 g/mol. The average Bonchev–Trinajstić information content (AvgIpc) is 3.08. The van der Waals surface area contributed by atoms with Crippen LogP contribution in [-0.4, -0.2) is 35.7 Å². The predicted octanol–water partition coefficient (Wildman–Crippen LogP) is 1.70. The highest BCUT2D eigenvalue weighted by molar-refractivity contribution is 9.10. The summed E-state index contributed by atoms with van der Waals surface area (Å²) in [5, 5.41) is 6.94. The molecule has 12 heteroatoms. The number of aromatic nitrogens is 6. The van der Waals surface area contributed by atoms with Crippen molar-refractivity contribution in [2.45, 2.75) is 19.3 Å². The van der Waals surface area contributed by atoms with Crippen molar-refractivity contribution in [2.75, 3.05) is 17.2 Å². The molecule has 0 radical (unpaired) electrons. The second-order valence-corrected chi connectivity index (χ2v) is 6.00. The number of fused-ring (bicyclic) bond motifs is 2. The lowest BCUT2D eigenvalue weighted by atomic mass is 10.3. The lowest BCUT2D eigenvalue weighted by molar-refractivity contribution is -0.147. The number of anilines is 2. The lowest BCUT2D eigenvalue weighted by Gasteiger charge is -2.28. The summed E-state index contributed by atoms with van der Waals surface area (Å²) in [4.78, 5) is 10.2. The zero-order valence-corrected chi connectivity index (χ0v) is 13.6. The van der Waals surface area contributed by atoms with Crippen molar-refractivity contribution >= 4 is 33.2 Å². The van der Waals surface area contributed by atoms with Gasteiger partial charge in [0.2, 0.25) is 11.8 Å². The zero-order valence-electron chi connectivity index (χ0n) is 12.0. The Balaban J connectivity index is 1.74. The van der Waals surface area contributed by atoms with E-state index in [1.807, 2.05) is 4.90 Å².